The maximum Gasteiger partial charge on any atom is 0.141 e. The Morgan fingerprint density at radius 2 is 1.95 bits per heavy atom. The van der Waals surface area contributed by atoms with Crippen LogP contribution in [0.15, 0.2) is 42.7 Å². The van der Waals surface area contributed by atoms with Gasteiger partial charge in [0.25, 0.3) is 0 Å². The summed E-state index contributed by atoms with van der Waals surface area (Å²) in [6.07, 6.45) is 1.55. The van der Waals surface area contributed by atoms with Crippen LogP contribution in [0.3, 0.4) is 0 Å². The summed E-state index contributed by atoms with van der Waals surface area (Å²) in [6.45, 7) is 2.04. The Hall–Kier alpha value is -2.33. The fraction of sp³-hybridized carbons (Fsp3) is 0.125. The van der Waals surface area contributed by atoms with Gasteiger partial charge < -0.3 is 10.1 Å². The SMILES string of the molecule is COc1ccc(Nc2ncnc3ccc(C)cc23)cc1Cl. The molecular formula is C16H14ClN3O. The first kappa shape index (κ1) is 13.6. The number of hydrogen-bond acceptors (Lipinski definition) is 4. The van der Waals surface area contributed by atoms with Gasteiger partial charge in [0.15, 0.2) is 0 Å². The van der Waals surface area contributed by atoms with Gasteiger partial charge >= 0.3 is 0 Å². The molecule has 21 heavy (non-hydrogen) atoms. The Labute approximate surface area is 127 Å². The van der Waals surface area contributed by atoms with E-state index in [0.717, 1.165) is 28.0 Å². The Bertz CT molecular complexity index is 805. The number of aromatic nitrogens is 2. The van der Waals surface area contributed by atoms with Crippen LogP contribution in [0.25, 0.3) is 10.9 Å². The van der Waals surface area contributed by atoms with Crippen molar-refractivity contribution < 1.29 is 4.74 Å². The Kier molecular flexibility index (Phi) is 3.62. The average molecular weight is 300 g/mol. The monoisotopic (exact) mass is 299 g/mol. The zero-order valence-corrected chi connectivity index (χ0v) is 12.5. The van der Waals surface area contributed by atoms with Crippen LogP contribution in [0.4, 0.5) is 11.5 Å². The molecule has 0 bridgehead atoms. The fourth-order valence-corrected chi connectivity index (χ4v) is 2.41. The molecule has 1 N–H and O–H groups in total. The highest BCUT2D eigenvalue weighted by Crippen LogP contribution is 2.30. The van der Waals surface area contributed by atoms with Crippen LogP contribution in [-0.4, -0.2) is 17.1 Å². The van der Waals surface area contributed by atoms with E-state index >= 15 is 0 Å². The van der Waals surface area contributed by atoms with Gasteiger partial charge in [0.2, 0.25) is 0 Å². The molecule has 0 saturated carbocycles. The average Bonchev–Trinajstić information content (AvgIpc) is 2.48. The van der Waals surface area contributed by atoms with Gasteiger partial charge in [-0.15, -0.1) is 0 Å². The molecule has 0 aliphatic carbocycles. The summed E-state index contributed by atoms with van der Waals surface area (Å²) in [5.74, 6) is 1.40. The lowest BCUT2D eigenvalue weighted by Gasteiger charge is -2.10. The highest BCUT2D eigenvalue weighted by molar-refractivity contribution is 6.32. The quantitative estimate of drug-likeness (QED) is 0.781. The standard InChI is InChI=1S/C16H14ClN3O/c1-10-3-5-14-12(7-10)16(19-9-18-14)20-11-4-6-15(21-2)13(17)8-11/h3-9H,1-2H3,(H,18,19,20). The lowest BCUT2D eigenvalue weighted by molar-refractivity contribution is 0.415. The van der Waals surface area contributed by atoms with Crippen LogP contribution in [0.1, 0.15) is 5.56 Å². The third-order valence-corrected chi connectivity index (χ3v) is 3.50. The van der Waals surface area contributed by atoms with Crippen molar-refractivity contribution >= 4 is 34.0 Å². The number of aryl methyl sites for hydroxylation is 1. The maximum atomic E-state index is 6.14. The summed E-state index contributed by atoms with van der Waals surface area (Å²) in [4.78, 5) is 8.59. The molecule has 4 nitrogen and oxygen atoms in total. The predicted octanol–water partition coefficient (Wildman–Crippen LogP) is 4.34. The molecule has 0 unspecified atom stereocenters. The lowest BCUT2D eigenvalue weighted by atomic mass is 10.1. The van der Waals surface area contributed by atoms with Crippen molar-refractivity contribution in [2.24, 2.45) is 0 Å². The molecule has 2 aromatic carbocycles. The molecule has 0 fully saturated rings. The number of fused-ring (bicyclic) bond motifs is 1. The first-order valence-corrected chi connectivity index (χ1v) is 6.87. The molecule has 106 valence electrons. The molecule has 3 aromatic rings. The van der Waals surface area contributed by atoms with Crippen molar-refractivity contribution in [1.29, 1.82) is 0 Å². The number of rotatable bonds is 3. The van der Waals surface area contributed by atoms with Crippen LogP contribution < -0.4 is 10.1 Å². The molecule has 0 spiro atoms. The molecule has 0 saturated heterocycles. The minimum atomic E-state index is 0.553. The predicted molar refractivity (Wildman–Crippen MR) is 85.6 cm³/mol. The van der Waals surface area contributed by atoms with Crippen molar-refractivity contribution in [1.82, 2.24) is 9.97 Å². The highest BCUT2D eigenvalue weighted by Gasteiger charge is 2.06. The zero-order chi connectivity index (χ0) is 14.8. The summed E-state index contributed by atoms with van der Waals surface area (Å²) in [6, 6.07) is 11.6. The Morgan fingerprint density at radius 3 is 2.71 bits per heavy atom. The molecular weight excluding hydrogens is 286 g/mol. The third kappa shape index (κ3) is 2.76. The van der Waals surface area contributed by atoms with Crippen LogP contribution in [0.5, 0.6) is 5.75 Å². The van der Waals surface area contributed by atoms with Gasteiger partial charge in [-0.25, -0.2) is 9.97 Å². The molecule has 5 heteroatoms. The summed E-state index contributed by atoms with van der Waals surface area (Å²) in [5, 5.41) is 4.80. The number of ether oxygens (including phenoxy) is 1. The third-order valence-electron chi connectivity index (χ3n) is 3.21. The van der Waals surface area contributed by atoms with E-state index in [4.69, 9.17) is 16.3 Å². The van der Waals surface area contributed by atoms with Gasteiger partial charge in [0.1, 0.15) is 17.9 Å². The van der Waals surface area contributed by atoms with Crippen LogP contribution in [-0.2, 0) is 0 Å². The molecule has 0 aliphatic heterocycles. The van der Waals surface area contributed by atoms with E-state index in [1.807, 2.05) is 37.3 Å². The summed E-state index contributed by atoms with van der Waals surface area (Å²) < 4.78 is 5.15. The Balaban J connectivity index is 2.01. The zero-order valence-electron chi connectivity index (χ0n) is 11.7. The largest absolute Gasteiger partial charge is 0.495 e. The minimum absolute atomic E-state index is 0.553. The van der Waals surface area contributed by atoms with Gasteiger partial charge in [0, 0.05) is 11.1 Å². The fourth-order valence-electron chi connectivity index (χ4n) is 2.15. The van der Waals surface area contributed by atoms with Gasteiger partial charge in [-0.2, -0.15) is 0 Å². The van der Waals surface area contributed by atoms with Gasteiger partial charge in [-0.05, 0) is 37.3 Å². The van der Waals surface area contributed by atoms with E-state index in [1.165, 1.54) is 0 Å². The Morgan fingerprint density at radius 1 is 1.10 bits per heavy atom. The van der Waals surface area contributed by atoms with Gasteiger partial charge in [-0.3, -0.25) is 0 Å². The van der Waals surface area contributed by atoms with E-state index in [1.54, 1.807) is 13.4 Å². The molecule has 1 aromatic heterocycles. The molecule has 1 heterocycles. The second-order valence-corrected chi connectivity index (χ2v) is 5.12. The number of anilines is 2. The number of methoxy groups -OCH3 is 1. The van der Waals surface area contributed by atoms with Crippen molar-refractivity contribution in [3.63, 3.8) is 0 Å². The minimum Gasteiger partial charge on any atom is -0.495 e. The smallest absolute Gasteiger partial charge is 0.141 e. The van der Waals surface area contributed by atoms with E-state index < -0.39 is 0 Å². The van der Waals surface area contributed by atoms with E-state index in [2.05, 4.69) is 21.4 Å². The normalized spacial score (nSPS) is 10.6. The van der Waals surface area contributed by atoms with Crippen molar-refractivity contribution in [2.45, 2.75) is 6.92 Å². The molecule has 0 atom stereocenters. The summed E-state index contributed by atoms with van der Waals surface area (Å²) in [5.41, 5.74) is 2.91. The highest BCUT2D eigenvalue weighted by atomic mass is 35.5. The lowest BCUT2D eigenvalue weighted by Crippen LogP contribution is -1.96. The van der Waals surface area contributed by atoms with E-state index in [-0.39, 0.29) is 0 Å². The van der Waals surface area contributed by atoms with Gasteiger partial charge in [0.05, 0.1) is 17.6 Å². The number of hydrogen-bond donors (Lipinski definition) is 1. The number of nitrogens with zero attached hydrogens (tertiary/aromatic N) is 2. The van der Waals surface area contributed by atoms with E-state index in [9.17, 15) is 0 Å². The van der Waals surface area contributed by atoms with Gasteiger partial charge in [-0.1, -0.05) is 23.2 Å². The molecule has 3 rings (SSSR count). The van der Waals surface area contributed by atoms with Crippen LogP contribution >= 0.6 is 11.6 Å². The first-order valence-electron chi connectivity index (χ1n) is 6.49. The maximum absolute atomic E-state index is 6.14. The number of nitrogens with one attached hydrogen (secondary N) is 1. The molecule has 0 radical (unpaired) electrons. The van der Waals surface area contributed by atoms with Crippen LogP contribution in [0, 0.1) is 6.92 Å². The molecule has 0 aliphatic rings. The van der Waals surface area contributed by atoms with Crippen molar-refractivity contribution in [3.05, 3.63) is 53.3 Å². The van der Waals surface area contributed by atoms with Crippen molar-refractivity contribution in [3.8, 4) is 5.75 Å². The van der Waals surface area contributed by atoms with E-state index in [0.29, 0.717) is 10.8 Å². The molecule has 0 amide bonds. The van der Waals surface area contributed by atoms with Crippen molar-refractivity contribution in [2.75, 3.05) is 12.4 Å². The first-order chi connectivity index (χ1) is 10.2. The van der Waals surface area contributed by atoms with Crippen LogP contribution in [0.2, 0.25) is 5.02 Å². The topological polar surface area (TPSA) is 47.0 Å². The number of halogens is 1. The summed E-state index contributed by atoms with van der Waals surface area (Å²) in [7, 11) is 1.59. The number of benzene rings is 2. The summed E-state index contributed by atoms with van der Waals surface area (Å²) >= 11 is 6.14. The second-order valence-electron chi connectivity index (χ2n) is 4.72. The second kappa shape index (κ2) is 5.58.